The zero-order chi connectivity index (χ0) is 14.8. The summed E-state index contributed by atoms with van der Waals surface area (Å²) in [5.74, 6) is 0.498. The van der Waals surface area contributed by atoms with Crippen LogP contribution < -0.4 is 4.74 Å². The van der Waals surface area contributed by atoms with Gasteiger partial charge in [-0.1, -0.05) is 18.2 Å². The van der Waals surface area contributed by atoms with Gasteiger partial charge in [0.25, 0.3) is 0 Å². The lowest BCUT2D eigenvalue weighted by atomic mass is 9.86. The summed E-state index contributed by atoms with van der Waals surface area (Å²) in [5.41, 5.74) is 1.46. The van der Waals surface area contributed by atoms with Crippen LogP contribution in [0.3, 0.4) is 0 Å². The minimum absolute atomic E-state index is 0.286. The molecule has 0 aromatic heterocycles. The topological polar surface area (TPSA) is 29.5 Å². The Hall–Kier alpha value is -1.87. The van der Waals surface area contributed by atoms with Crippen molar-refractivity contribution in [3.8, 4) is 5.75 Å². The molecular weight excluding hydrogens is 255 g/mol. The number of hydrogen-bond donors (Lipinski definition) is 1. The lowest BCUT2D eigenvalue weighted by Gasteiger charge is -2.26. The van der Waals surface area contributed by atoms with Crippen LogP contribution in [0.2, 0.25) is 0 Å². The van der Waals surface area contributed by atoms with Crippen LogP contribution in [-0.2, 0) is 12.0 Å². The lowest BCUT2D eigenvalue weighted by molar-refractivity contribution is 0.0569. The van der Waals surface area contributed by atoms with Crippen LogP contribution in [0, 0.1) is 12.7 Å². The fourth-order valence-corrected chi connectivity index (χ4v) is 2.47. The van der Waals surface area contributed by atoms with Crippen molar-refractivity contribution in [2.24, 2.45) is 0 Å². The maximum absolute atomic E-state index is 13.2. The smallest absolute Gasteiger partial charge is 0.123 e. The van der Waals surface area contributed by atoms with E-state index < -0.39 is 5.60 Å². The highest BCUT2D eigenvalue weighted by Gasteiger charge is 2.25. The zero-order valence-electron chi connectivity index (χ0n) is 12.0. The normalized spacial score (nSPS) is 13.8. The van der Waals surface area contributed by atoms with E-state index >= 15 is 0 Å². The first-order chi connectivity index (χ1) is 9.42. The molecule has 0 saturated heterocycles. The molecule has 0 heterocycles. The Bertz CT molecular complexity index is 588. The molecule has 2 nitrogen and oxygen atoms in total. The van der Waals surface area contributed by atoms with Crippen molar-refractivity contribution in [2.75, 3.05) is 7.11 Å². The molecule has 3 heteroatoms. The summed E-state index contributed by atoms with van der Waals surface area (Å²) in [7, 11) is 1.62. The van der Waals surface area contributed by atoms with Gasteiger partial charge in [-0.15, -0.1) is 0 Å². The molecule has 0 spiro atoms. The third-order valence-corrected chi connectivity index (χ3v) is 3.48. The Balaban J connectivity index is 2.25. The van der Waals surface area contributed by atoms with Gasteiger partial charge < -0.3 is 9.84 Å². The first-order valence-electron chi connectivity index (χ1n) is 6.54. The summed E-state index contributed by atoms with van der Waals surface area (Å²) in [4.78, 5) is 0. The minimum atomic E-state index is -1.04. The molecule has 2 aromatic carbocycles. The molecule has 1 N–H and O–H groups in total. The highest BCUT2D eigenvalue weighted by atomic mass is 19.1. The molecule has 0 bridgehead atoms. The first-order valence-corrected chi connectivity index (χ1v) is 6.54. The van der Waals surface area contributed by atoms with Gasteiger partial charge in [0.2, 0.25) is 0 Å². The summed E-state index contributed by atoms with van der Waals surface area (Å²) < 4.78 is 18.3. The van der Waals surface area contributed by atoms with Crippen LogP contribution in [0.25, 0.3) is 0 Å². The SMILES string of the molecule is COc1ccc(CC(C)(O)c2ccc(F)cc2C)cc1. The lowest BCUT2D eigenvalue weighted by Crippen LogP contribution is -2.25. The largest absolute Gasteiger partial charge is 0.497 e. The first kappa shape index (κ1) is 14.5. The van der Waals surface area contributed by atoms with E-state index in [2.05, 4.69) is 0 Å². The second kappa shape index (κ2) is 5.63. The van der Waals surface area contributed by atoms with Crippen molar-refractivity contribution in [1.82, 2.24) is 0 Å². The van der Waals surface area contributed by atoms with E-state index in [1.54, 1.807) is 27.0 Å². The number of benzene rings is 2. The highest BCUT2D eigenvalue weighted by Crippen LogP contribution is 2.29. The van der Waals surface area contributed by atoms with E-state index in [9.17, 15) is 9.50 Å². The number of aryl methyl sites for hydroxylation is 1. The molecule has 0 amide bonds. The predicted octanol–water partition coefficient (Wildman–Crippen LogP) is 3.59. The summed E-state index contributed by atoms with van der Waals surface area (Å²) in [6.45, 7) is 3.55. The number of ether oxygens (including phenoxy) is 1. The van der Waals surface area contributed by atoms with Crippen LogP contribution in [0.4, 0.5) is 4.39 Å². The molecule has 20 heavy (non-hydrogen) atoms. The van der Waals surface area contributed by atoms with E-state index in [0.29, 0.717) is 6.42 Å². The molecule has 0 aliphatic carbocycles. The Kier molecular flexibility index (Phi) is 4.09. The summed E-state index contributed by atoms with van der Waals surface area (Å²) in [6.07, 6.45) is 0.462. The van der Waals surface area contributed by atoms with E-state index in [1.807, 2.05) is 24.3 Å². The Morgan fingerprint density at radius 1 is 1.15 bits per heavy atom. The molecule has 2 aromatic rings. The Labute approximate surface area is 118 Å². The van der Waals surface area contributed by atoms with Gasteiger partial charge >= 0.3 is 0 Å². The minimum Gasteiger partial charge on any atom is -0.497 e. The van der Waals surface area contributed by atoms with Crippen molar-refractivity contribution < 1.29 is 14.2 Å². The second-order valence-electron chi connectivity index (χ2n) is 5.26. The van der Waals surface area contributed by atoms with Gasteiger partial charge in [0, 0.05) is 6.42 Å². The van der Waals surface area contributed by atoms with Gasteiger partial charge in [-0.3, -0.25) is 0 Å². The number of rotatable bonds is 4. The van der Waals surface area contributed by atoms with E-state index in [-0.39, 0.29) is 5.82 Å². The molecule has 0 radical (unpaired) electrons. The van der Waals surface area contributed by atoms with Gasteiger partial charge in [-0.05, 0) is 54.8 Å². The summed E-state index contributed by atoms with van der Waals surface area (Å²) in [6, 6.07) is 12.0. The van der Waals surface area contributed by atoms with Gasteiger partial charge in [-0.2, -0.15) is 0 Å². The molecular formula is C17H19FO2. The quantitative estimate of drug-likeness (QED) is 0.923. The number of aliphatic hydroxyl groups is 1. The number of halogens is 1. The van der Waals surface area contributed by atoms with Crippen molar-refractivity contribution in [1.29, 1.82) is 0 Å². The van der Waals surface area contributed by atoms with E-state index in [1.165, 1.54) is 12.1 Å². The van der Waals surface area contributed by atoms with Crippen LogP contribution in [0.15, 0.2) is 42.5 Å². The number of hydrogen-bond acceptors (Lipinski definition) is 2. The molecule has 106 valence electrons. The molecule has 0 aliphatic heterocycles. The predicted molar refractivity (Wildman–Crippen MR) is 77.4 cm³/mol. The van der Waals surface area contributed by atoms with Gasteiger partial charge in [0.05, 0.1) is 12.7 Å². The third kappa shape index (κ3) is 3.17. The van der Waals surface area contributed by atoms with E-state index in [0.717, 1.165) is 22.4 Å². The van der Waals surface area contributed by atoms with Crippen LogP contribution in [0.1, 0.15) is 23.6 Å². The zero-order valence-corrected chi connectivity index (χ0v) is 12.0. The summed E-state index contributed by atoms with van der Waals surface area (Å²) in [5, 5.41) is 10.7. The van der Waals surface area contributed by atoms with Gasteiger partial charge in [0.1, 0.15) is 11.6 Å². The molecule has 0 fully saturated rings. The molecule has 2 rings (SSSR count). The maximum atomic E-state index is 13.2. The number of methoxy groups -OCH3 is 1. The average Bonchev–Trinajstić information content (AvgIpc) is 2.38. The monoisotopic (exact) mass is 274 g/mol. The van der Waals surface area contributed by atoms with Crippen molar-refractivity contribution in [3.63, 3.8) is 0 Å². The standard InChI is InChI=1S/C17H19FO2/c1-12-10-14(18)6-9-16(12)17(2,19)11-13-4-7-15(20-3)8-5-13/h4-10,19H,11H2,1-3H3. The fraction of sp³-hybridized carbons (Fsp3) is 0.294. The molecule has 0 saturated carbocycles. The Morgan fingerprint density at radius 3 is 2.35 bits per heavy atom. The molecule has 1 atom stereocenters. The maximum Gasteiger partial charge on any atom is 0.123 e. The highest BCUT2D eigenvalue weighted by molar-refractivity contribution is 5.34. The van der Waals surface area contributed by atoms with Gasteiger partial charge in [-0.25, -0.2) is 4.39 Å². The van der Waals surface area contributed by atoms with Crippen molar-refractivity contribution in [2.45, 2.75) is 25.9 Å². The van der Waals surface area contributed by atoms with Crippen LogP contribution >= 0.6 is 0 Å². The fourth-order valence-electron chi connectivity index (χ4n) is 2.47. The van der Waals surface area contributed by atoms with Gasteiger partial charge in [0.15, 0.2) is 0 Å². The molecule has 1 unspecified atom stereocenters. The van der Waals surface area contributed by atoms with Crippen LogP contribution in [-0.4, -0.2) is 12.2 Å². The second-order valence-corrected chi connectivity index (χ2v) is 5.26. The van der Waals surface area contributed by atoms with Crippen molar-refractivity contribution >= 4 is 0 Å². The van der Waals surface area contributed by atoms with Crippen molar-refractivity contribution in [3.05, 3.63) is 65.0 Å². The van der Waals surface area contributed by atoms with Crippen LogP contribution in [0.5, 0.6) is 5.75 Å². The summed E-state index contributed by atoms with van der Waals surface area (Å²) >= 11 is 0. The third-order valence-electron chi connectivity index (χ3n) is 3.48. The molecule has 0 aliphatic rings. The average molecular weight is 274 g/mol. The Morgan fingerprint density at radius 2 is 1.80 bits per heavy atom. The van der Waals surface area contributed by atoms with E-state index in [4.69, 9.17) is 4.74 Å².